The number of aromatic nitrogens is 1. The third kappa shape index (κ3) is 9.73. The van der Waals surface area contributed by atoms with Crippen LogP contribution in [0.3, 0.4) is 0 Å². The molecule has 0 aliphatic heterocycles. The predicted molar refractivity (Wildman–Crippen MR) is 95.8 cm³/mol. The van der Waals surface area contributed by atoms with Gasteiger partial charge in [-0.15, -0.1) is 0 Å². The van der Waals surface area contributed by atoms with E-state index >= 15 is 0 Å². The number of nitrogens with zero attached hydrogens (tertiary/aromatic N) is 3. The van der Waals surface area contributed by atoms with Crippen molar-refractivity contribution in [3.63, 3.8) is 0 Å². The fraction of sp³-hybridized carbons (Fsp3) is 0.647. The molecule has 0 aliphatic rings. The van der Waals surface area contributed by atoms with Gasteiger partial charge in [0.15, 0.2) is 5.96 Å². The molecule has 130 valence electrons. The number of unbranched alkanes of at least 4 members (excludes halogenated alkanes) is 3. The number of nitrogens with two attached hydrogens (primary N) is 1. The van der Waals surface area contributed by atoms with Gasteiger partial charge in [0.25, 0.3) is 0 Å². The zero-order chi connectivity index (χ0) is 16.9. The van der Waals surface area contributed by atoms with Gasteiger partial charge in [-0.05, 0) is 32.1 Å². The summed E-state index contributed by atoms with van der Waals surface area (Å²) in [6.45, 7) is 5.09. The Morgan fingerprint density at radius 2 is 2.17 bits per heavy atom. The lowest BCUT2D eigenvalue weighted by Crippen LogP contribution is -2.32. The number of guanidine groups is 1. The number of pyridine rings is 1. The van der Waals surface area contributed by atoms with Crippen LogP contribution in [0.4, 0.5) is 0 Å². The van der Waals surface area contributed by atoms with Crippen molar-refractivity contribution in [3.05, 3.63) is 23.9 Å². The first-order chi connectivity index (χ1) is 11.1. The van der Waals surface area contributed by atoms with Gasteiger partial charge in [0.1, 0.15) is 6.61 Å². The SMILES string of the molecule is CCCCCCNC(N)=NCc1ccnc(OCCN(C)C)c1. The zero-order valence-corrected chi connectivity index (χ0v) is 14.7. The second-order valence-electron chi connectivity index (χ2n) is 5.84. The van der Waals surface area contributed by atoms with Gasteiger partial charge in [-0.25, -0.2) is 9.98 Å². The molecule has 0 radical (unpaired) electrons. The van der Waals surface area contributed by atoms with E-state index in [1.54, 1.807) is 6.20 Å². The summed E-state index contributed by atoms with van der Waals surface area (Å²) in [7, 11) is 4.03. The van der Waals surface area contributed by atoms with E-state index in [0.29, 0.717) is 25.0 Å². The smallest absolute Gasteiger partial charge is 0.213 e. The first-order valence-electron chi connectivity index (χ1n) is 8.38. The molecule has 0 unspecified atom stereocenters. The third-order valence-corrected chi connectivity index (χ3v) is 3.36. The molecule has 0 bridgehead atoms. The Morgan fingerprint density at radius 3 is 2.91 bits per heavy atom. The van der Waals surface area contributed by atoms with Crippen LogP contribution in [0.1, 0.15) is 38.2 Å². The van der Waals surface area contributed by atoms with Crippen LogP contribution in [0.5, 0.6) is 5.88 Å². The average Bonchev–Trinajstić information content (AvgIpc) is 2.53. The van der Waals surface area contributed by atoms with Crippen molar-refractivity contribution in [1.82, 2.24) is 15.2 Å². The first-order valence-corrected chi connectivity index (χ1v) is 8.38. The summed E-state index contributed by atoms with van der Waals surface area (Å²) in [5.41, 5.74) is 6.91. The van der Waals surface area contributed by atoms with Gasteiger partial charge >= 0.3 is 0 Å². The van der Waals surface area contributed by atoms with Gasteiger partial charge in [-0.1, -0.05) is 26.2 Å². The Labute approximate surface area is 140 Å². The van der Waals surface area contributed by atoms with Crippen molar-refractivity contribution in [2.75, 3.05) is 33.8 Å². The van der Waals surface area contributed by atoms with Crippen LogP contribution in [0.2, 0.25) is 0 Å². The van der Waals surface area contributed by atoms with Gasteiger partial charge < -0.3 is 20.7 Å². The molecule has 1 aromatic heterocycles. The molecule has 0 aromatic carbocycles. The lowest BCUT2D eigenvalue weighted by Gasteiger charge is -2.10. The Morgan fingerprint density at radius 1 is 1.35 bits per heavy atom. The monoisotopic (exact) mass is 321 g/mol. The summed E-state index contributed by atoms with van der Waals surface area (Å²) in [4.78, 5) is 10.6. The van der Waals surface area contributed by atoms with Crippen LogP contribution in [-0.2, 0) is 6.54 Å². The van der Waals surface area contributed by atoms with E-state index < -0.39 is 0 Å². The summed E-state index contributed by atoms with van der Waals surface area (Å²) in [5, 5.41) is 3.15. The summed E-state index contributed by atoms with van der Waals surface area (Å²) in [6.07, 6.45) is 6.61. The number of hydrogen-bond acceptors (Lipinski definition) is 4. The van der Waals surface area contributed by atoms with Crippen molar-refractivity contribution in [2.45, 2.75) is 39.2 Å². The summed E-state index contributed by atoms with van der Waals surface area (Å²) >= 11 is 0. The number of likely N-dealkylation sites (N-methyl/N-ethyl adjacent to an activating group) is 1. The maximum atomic E-state index is 5.87. The molecule has 1 heterocycles. The van der Waals surface area contributed by atoms with Gasteiger partial charge in [0, 0.05) is 25.4 Å². The van der Waals surface area contributed by atoms with Crippen LogP contribution in [0.15, 0.2) is 23.3 Å². The maximum Gasteiger partial charge on any atom is 0.213 e. The number of aliphatic imine (C=N–C) groups is 1. The summed E-state index contributed by atoms with van der Waals surface area (Å²) < 4.78 is 5.62. The van der Waals surface area contributed by atoms with Crippen LogP contribution >= 0.6 is 0 Å². The van der Waals surface area contributed by atoms with Crippen molar-refractivity contribution < 1.29 is 4.74 Å². The van der Waals surface area contributed by atoms with Crippen LogP contribution in [0, 0.1) is 0 Å². The molecule has 0 saturated carbocycles. The van der Waals surface area contributed by atoms with E-state index in [4.69, 9.17) is 10.5 Å². The molecule has 1 aromatic rings. The molecular formula is C17H31N5O. The Hall–Kier alpha value is -1.82. The minimum atomic E-state index is 0.494. The molecule has 6 nitrogen and oxygen atoms in total. The lowest BCUT2D eigenvalue weighted by molar-refractivity contribution is 0.253. The van der Waals surface area contributed by atoms with Gasteiger partial charge in [-0.3, -0.25) is 0 Å². The molecule has 0 atom stereocenters. The summed E-state index contributed by atoms with van der Waals surface area (Å²) in [5.74, 6) is 1.12. The zero-order valence-electron chi connectivity index (χ0n) is 14.7. The molecule has 3 N–H and O–H groups in total. The quantitative estimate of drug-likeness (QED) is 0.370. The van der Waals surface area contributed by atoms with Gasteiger partial charge in [0.2, 0.25) is 5.88 Å². The Balaban J connectivity index is 2.33. The van der Waals surface area contributed by atoms with Crippen LogP contribution < -0.4 is 15.8 Å². The van der Waals surface area contributed by atoms with Crippen molar-refractivity contribution in [2.24, 2.45) is 10.7 Å². The van der Waals surface area contributed by atoms with Crippen LogP contribution in [-0.4, -0.2) is 49.6 Å². The molecule has 0 fully saturated rings. The molecule has 0 saturated heterocycles. The minimum absolute atomic E-state index is 0.494. The van der Waals surface area contributed by atoms with E-state index in [-0.39, 0.29) is 0 Å². The number of ether oxygens (including phenoxy) is 1. The minimum Gasteiger partial charge on any atom is -0.476 e. The van der Waals surface area contributed by atoms with Crippen molar-refractivity contribution in [3.8, 4) is 5.88 Å². The number of rotatable bonds is 11. The third-order valence-electron chi connectivity index (χ3n) is 3.36. The highest BCUT2D eigenvalue weighted by atomic mass is 16.5. The first kappa shape index (κ1) is 19.2. The van der Waals surface area contributed by atoms with E-state index in [2.05, 4.69) is 27.1 Å². The van der Waals surface area contributed by atoms with Crippen LogP contribution in [0.25, 0.3) is 0 Å². The fourth-order valence-electron chi connectivity index (χ4n) is 1.96. The second kappa shape index (κ2) is 11.7. The molecule has 1 rings (SSSR count). The van der Waals surface area contributed by atoms with Gasteiger partial charge in [0.05, 0.1) is 6.54 Å². The highest BCUT2D eigenvalue weighted by Crippen LogP contribution is 2.10. The van der Waals surface area contributed by atoms with E-state index in [1.165, 1.54) is 19.3 Å². The highest BCUT2D eigenvalue weighted by molar-refractivity contribution is 5.77. The average molecular weight is 321 g/mol. The van der Waals surface area contributed by atoms with E-state index in [9.17, 15) is 0 Å². The highest BCUT2D eigenvalue weighted by Gasteiger charge is 1.99. The second-order valence-corrected chi connectivity index (χ2v) is 5.84. The number of hydrogen-bond donors (Lipinski definition) is 2. The summed E-state index contributed by atoms with van der Waals surface area (Å²) in [6, 6.07) is 3.84. The molecule has 6 heteroatoms. The molecule has 0 spiro atoms. The fourth-order valence-corrected chi connectivity index (χ4v) is 1.96. The lowest BCUT2D eigenvalue weighted by atomic mass is 10.2. The maximum absolute atomic E-state index is 5.87. The largest absolute Gasteiger partial charge is 0.476 e. The van der Waals surface area contributed by atoms with Crippen molar-refractivity contribution in [1.29, 1.82) is 0 Å². The molecule has 23 heavy (non-hydrogen) atoms. The number of nitrogens with one attached hydrogen (secondary N) is 1. The predicted octanol–water partition coefficient (Wildman–Crippen LogP) is 2.01. The molecular weight excluding hydrogens is 290 g/mol. The van der Waals surface area contributed by atoms with E-state index in [1.807, 2.05) is 26.2 Å². The van der Waals surface area contributed by atoms with E-state index in [0.717, 1.165) is 25.1 Å². The molecule has 0 aliphatic carbocycles. The standard InChI is InChI=1S/C17H31N5O/c1-4-5-6-7-9-20-17(18)21-14-15-8-10-19-16(13-15)23-12-11-22(2)3/h8,10,13H,4-7,9,11-12,14H2,1-3H3,(H3,18,20,21). The normalized spacial score (nSPS) is 11.7. The topological polar surface area (TPSA) is 75.8 Å². The van der Waals surface area contributed by atoms with Gasteiger partial charge in [-0.2, -0.15) is 0 Å². The Kier molecular flexibility index (Phi) is 9.79. The van der Waals surface area contributed by atoms with Crippen molar-refractivity contribution >= 4 is 5.96 Å². The molecule has 0 amide bonds. The Bertz CT molecular complexity index is 462.